The Hall–Kier alpha value is -1.42. The van der Waals surface area contributed by atoms with E-state index in [-0.39, 0.29) is 5.75 Å². The van der Waals surface area contributed by atoms with Crippen LogP contribution in [0.15, 0.2) is 36.4 Å². The number of ether oxygens (including phenoxy) is 1. The van der Waals surface area contributed by atoms with Gasteiger partial charge in [0.25, 0.3) is 0 Å². The number of benzene rings is 2. The van der Waals surface area contributed by atoms with Gasteiger partial charge in [0.05, 0.1) is 0 Å². The van der Waals surface area contributed by atoms with Gasteiger partial charge in [-0.25, -0.2) is 8.78 Å². The van der Waals surface area contributed by atoms with Crippen LogP contribution in [0.2, 0.25) is 0 Å². The van der Waals surface area contributed by atoms with E-state index in [2.05, 4.69) is 15.9 Å². The molecule has 0 aliphatic rings. The summed E-state index contributed by atoms with van der Waals surface area (Å²) in [5.74, 6) is -0.573. The summed E-state index contributed by atoms with van der Waals surface area (Å²) < 4.78 is 31.6. The molecule has 0 aliphatic heterocycles. The van der Waals surface area contributed by atoms with Crippen molar-refractivity contribution in [1.29, 1.82) is 0 Å². The average Bonchev–Trinajstić information content (AvgIpc) is 2.30. The molecule has 18 heavy (non-hydrogen) atoms. The quantitative estimate of drug-likeness (QED) is 0.728. The lowest BCUT2D eigenvalue weighted by atomic mass is 10.1. The van der Waals surface area contributed by atoms with E-state index in [0.717, 1.165) is 29.3 Å². The smallest absolute Gasteiger partial charge is 0.133 e. The molecular weight excluding hydrogens is 302 g/mol. The van der Waals surface area contributed by atoms with Crippen LogP contribution < -0.4 is 4.74 Å². The van der Waals surface area contributed by atoms with Gasteiger partial charge in [0.15, 0.2) is 0 Å². The summed E-state index contributed by atoms with van der Waals surface area (Å²) in [7, 11) is 0. The highest BCUT2D eigenvalue weighted by molar-refractivity contribution is 9.08. The summed E-state index contributed by atoms with van der Waals surface area (Å²) in [6.07, 6.45) is 0. The first kappa shape index (κ1) is 13.0. The maximum atomic E-state index is 13.0. The van der Waals surface area contributed by atoms with E-state index in [1.54, 1.807) is 6.07 Å². The summed E-state index contributed by atoms with van der Waals surface area (Å²) in [5.41, 5.74) is 2.03. The molecule has 0 radical (unpaired) electrons. The molecule has 2 aromatic rings. The number of alkyl halides is 1. The summed E-state index contributed by atoms with van der Waals surface area (Å²) in [6, 6.07) is 8.75. The second kappa shape index (κ2) is 5.48. The molecular formula is C14H11BrF2O. The summed E-state index contributed by atoms with van der Waals surface area (Å²) in [5, 5.41) is 0.613. The second-order valence-electron chi connectivity index (χ2n) is 3.95. The van der Waals surface area contributed by atoms with Crippen molar-refractivity contribution in [1.82, 2.24) is 0 Å². The van der Waals surface area contributed by atoms with E-state index in [4.69, 9.17) is 4.74 Å². The fourth-order valence-corrected chi connectivity index (χ4v) is 2.06. The summed E-state index contributed by atoms with van der Waals surface area (Å²) >= 11 is 3.36. The third-order valence-electron chi connectivity index (χ3n) is 2.42. The van der Waals surface area contributed by atoms with Crippen LogP contribution in [-0.4, -0.2) is 0 Å². The Balaban J connectivity index is 2.33. The van der Waals surface area contributed by atoms with Crippen LogP contribution in [0.4, 0.5) is 8.78 Å². The van der Waals surface area contributed by atoms with Crippen LogP contribution in [0, 0.1) is 18.6 Å². The third-order valence-corrected chi connectivity index (χ3v) is 3.03. The minimum absolute atomic E-state index is 0.151. The number of rotatable bonds is 3. The number of aryl methyl sites for hydroxylation is 1. The molecule has 0 saturated heterocycles. The van der Waals surface area contributed by atoms with Gasteiger partial charge in [-0.15, -0.1) is 0 Å². The monoisotopic (exact) mass is 312 g/mol. The Morgan fingerprint density at radius 2 is 1.72 bits per heavy atom. The SMILES string of the molecule is Cc1ccc(Oc2cc(F)cc(F)c2)c(CBr)c1. The van der Waals surface area contributed by atoms with Crippen LogP contribution in [0.1, 0.15) is 11.1 Å². The molecule has 94 valence electrons. The number of hydrogen-bond donors (Lipinski definition) is 0. The minimum atomic E-state index is -0.655. The highest BCUT2D eigenvalue weighted by atomic mass is 79.9. The van der Waals surface area contributed by atoms with E-state index < -0.39 is 11.6 Å². The molecule has 0 atom stereocenters. The standard InChI is InChI=1S/C14H11BrF2O/c1-9-2-3-14(10(4-9)8-15)18-13-6-11(16)5-12(17)7-13/h2-7H,8H2,1H3. The normalized spacial score (nSPS) is 10.4. The molecule has 1 nitrogen and oxygen atoms in total. The zero-order chi connectivity index (χ0) is 13.1. The van der Waals surface area contributed by atoms with Gasteiger partial charge in [-0.2, -0.15) is 0 Å². The molecule has 0 aliphatic carbocycles. The molecule has 0 unspecified atom stereocenters. The van der Waals surface area contributed by atoms with E-state index in [9.17, 15) is 8.78 Å². The first-order valence-electron chi connectivity index (χ1n) is 5.38. The van der Waals surface area contributed by atoms with E-state index >= 15 is 0 Å². The maximum absolute atomic E-state index is 13.0. The first-order chi connectivity index (χ1) is 8.58. The summed E-state index contributed by atoms with van der Waals surface area (Å²) in [6.45, 7) is 1.97. The molecule has 0 saturated carbocycles. The van der Waals surface area contributed by atoms with Gasteiger partial charge in [0.2, 0.25) is 0 Å². The molecule has 2 aromatic carbocycles. The predicted molar refractivity (Wildman–Crippen MR) is 70.2 cm³/mol. The van der Waals surface area contributed by atoms with Crippen LogP contribution in [0.5, 0.6) is 11.5 Å². The molecule has 0 spiro atoms. The minimum Gasteiger partial charge on any atom is -0.457 e. The van der Waals surface area contributed by atoms with Gasteiger partial charge >= 0.3 is 0 Å². The molecule has 0 heterocycles. The third kappa shape index (κ3) is 3.07. The van der Waals surface area contributed by atoms with Crippen LogP contribution in [0.25, 0.3) is 0 Å². The van der Waals surface area contributed by atoms with Crippen LogP contribution in [-0.2, 0) is 5.33 Å². The molecule has 2 rings (SSSR count). The zero-order valence-corrected chi connectivity index (χ0v) is 11.3. The van der Waals surface area contributed by atoms with Gasteiger partial charge < -0.3 is 4.74 Å². The topological polar surface area (TPSA) is 9.23 Å². The summed E-state index contributed by atoms with van der Waals surface area (Å²) in [4.78, 5) is 0. The van der Waals surface area contributed by atoms with Crippen molar-refractivity contribution in [3.05, 3.63) is 59.2 Å². The molecule has 4 heteroatoms. The Morgan fingerprint density at radius 3 is 2.33 bits per heavy atom. The van der Waals surface area contributed by atoms with Gasteiger partial charge in [-0.05, 0) is 13.0 Å². The van der Waals surface area contributed by atoms with Crippen molar-refractivity contribution in [3.63, 3.8) is 0 Å². The van der Waals surface area contributed by atoms with Gasteiger partial charge in [0.1, 0.15) is 23.1 Å². The Bertz CT molecular complexity index is 549. The van der Waals surface area contributed by atoms with Crippen LogP contribution >= 0.6 is 15.9 Å². The largest absolute Gasteiger partial charge is 0.457 e. The molecule has 0 aromatic heterocycles. The van der Waals surface area contributed by atoms with Crippen molar-refractivity contribution in [2.75, 3.05) is 0 Å². The molecule has 0 bridgehead atoms. The number of halogens is 3. The average molecular weight is 313 g/mol. The molecule has 0 fully saturated rings. The lowest BCUT2D eigenvalue weighted by Gasteiger charge is -2.10. The highest BCUT2D eigenvalue weighted by Crippen LogP contribution is 2.28. The molecule has 0 N–H and O–H groups in total. The van der Waals surface area contributed by atoms with Crippen molar-refractivity contribution in [3.8, 4) is 11.5 Å². The van der Waals surface area contributed by atoms with Crippen molar-refractivity contribution in [2.45, 2.75) is 12.3 Å². The van der Waals surface area contributed by atoms with E-state index in [1.807, 2.05) is 19.1 Å². The second-order valence-corrected chi connectivity index (χ2v) is 4.51. The fraction of sp³-hybridized carbons (Fsp3) is 0.143. The van der Waals surface area contributed by atoms with E-state index in [0.29, 0.717) is 11.1 Å². The van der Waals surface area contributed by atoms with Crippen molar-refractivity contribution >= 4 is 15.9 Å². The van der Waals surface area contributed by atoms with Gasteiger partial charge in [-0.3, -0.25) is 0 Å². The van der Waals surface area contributed by atoms with Gasteiger partial charge in [-0.1, -0.05) is 33.6 Å². The molecule has 0 amide bonds. The van der Waals surface area contributed by atoms with Crippen molar-refractivity contribution < 1.29 is 13.5 Å². The van der Waals surface area contributed by atoms with Crippen LogP contribution in [0.3, 0.4) is 0 Å². The Labute approximate surface area is 113 Å². The highest BCUT2D eigenvalue weighted by Gasteiger charge is 2.07. The predicted octanol–water partition coefficient (Wildman–Crippen LogP) is 4.96. The van der Waals surface area contributed by atoms with Crippen molar-refractivity contribution in [2.24, 2.45) is 0 Å². The number of hydrogen-bond acceptors (Lipinski definition) is 1. The van der Waals surface area contributed by atoms with E-state index in [1.165, 1.54) is 0 Å². The zero-order valence-electron chi connectivity index (χ0n) is 9.71. The first-order valence-corrected chi connectivity index (χ1v) is 6.50. The lowest BCUT2D eigenvalue weighted by molar-refractivity contribution is 0.465. The lowest BCUT2D eigenvalue weighted by Crippen LogP contribution is -1.92. The fourth-order valence-electron chi connectivity index (χ4n) is 1.63. The Morgan fingerprint density at radius 1 is 1.06 bits per heavy atom. The maximum Gasteiger partial charge on any atom is 0.133 e. The Kier molecular flexibility index (Phi) is 3.97. The van der Waals surface area contributed by atoms with Gasteiger partial charge in [0, 0.05) is 29.1 Å².